The van der Waals surface area contributed by atoms with Crippen LogP contribution in [0.25, 0.3) is 0 Å². The average molecular weight is 587 g/mol. The number of sulfonamides is 1. The first-order chi connectivity index (χ1) is 20.2. The number of rotatable bonds is 9. The van der Waals surface area contributed by atoms with Crippen LogP contribution in [0.4, 0.5) is 0 Å². The van der Waals surface area contributed by atoms with Crippen molar-refractivity contribution in [2.24, 2.45) is 5.92 Å². The minimum Gasteiger partial charge on any atom is -0.487 e. The lowest BCUT2D eigenvalue weighted by molar-refractivity contribution is -0.196. The molecule has 1 spiro atoms. The van der Waals surface area contributed by atoms with E-state index in [1.165, 1.54) is 11.1 Å². The molecule has 0 radical (unpaired) electrons. The summed E-state index contributed by atoms with van der Waals surface area (Å²) in [6, 6.07) is 26.0. The highest BCUT2D eigenvalue weighted by Gasteiger charge is 2.73. The summed E-state index contributed by atoms with van der Waals surface area (Å²) in [6.07, 6.45) is 3.21. The van der Waals surface area contributed by atoms with Gasteiger partial charge in [0.15, 0.2) is 0 Å². The maximum atomic E-state index is 14.2. The number of piperidine rings is 1. The molecule has 7 heteroatoms. The van der Waals surface area contributed by atoms with Crippen LogP contribution in [-0.4, -0.2) is 66.2 Å². The normalized spacial score (nSPS) is 29.9. The molecule has 3 aromatic rings. The molecule has 3 aromatic carbocycles. The van der Waals surface area contributed by atoms with Crippen LogP contribution in [0.2, 0.25) is 0 Å². The molecule has 222 valence electrons. The van der Waals surface area contributed by atoms with Gasteiger partial charge in [-0.05, 0) is 67.3 Å². The van der Waals surface area contributed by atoms with Crippen LogP contribution in [0.5, 0.6) is 5.75 Å². The molecule has 1 N–H and O–H groups in total. The van der Waals surface area contributed by atoms with Crippen molar-refractivity contribution in [2.75, 3.05) is 19.6 Å². The zero-order valence-electron chi connectivity index (χ0n) is 24.7. The van der Waals surface area contributed by atoms with Gasteiger partial charge in [-0.25, -0.2) is 8.42 Å². The van der Waals surface area contributed by atoms with Gasteiger partial charge in [0.25, 0.3) is 0 Å². The Morgan fingerprint density at radius 1 is 0.976 bits per heavy atom. The Morgan fingerprint density at radius 2 is 1.69 bits per heavy atom. The second-order valence-electron chi connectivity index (χ2n) is 13.3. The van der Waals surface area contributed by atoms with Gasteiger partial charge in [-0.1, -0.05) is 86.6 Å². The zero-order valence-corrected chi connectivity index (χ0v) is 25.5. The molecule has 2 aliphatic heterocycles. The standard InChI is InChI=1S/C35H42N2O4S/c1-25(2)23-37(42(39,40)24-27-12-7-4-8-13-27)29-16-18-35(38)31-22-28-14-9-15-30-32(28)34(35,33(29)41-30)19-21-36(31)20-17-26-10-5-3-6-11-26/h3-15,25,29,31,33,38H,16-24H2,1-2H3/t29-,31+,33-,34-,35+/m0/s1. The molecule has 42 heavy (non-hydrogen) atoms. The molecular formula is C35H42N2O4S. The van der Waals surface area contributed by atoms with Crippen LogP contribution in [0.1, 0.15) is 55.4 Å². The molecule has 1 saturated carbocycles. The molecule has 2 heterocycles. The van der Waals surface area contributed by atoms with Gasteiger partial charge in [0.05, 0.1) is 22.8 Å². The summed E-state index contributed by atoms with van der Waals surface area (Å²) in [7, 11) is -3.64. The Bertz CT molecular complexity index is 1550. The van der Waals surface area contributed by atoms with E-state index in [2.05, 4.69) is 55.1 Å². The predicted molar refractivity (Wildman–Crippen MR) is 165 cm³/mol. The summed E-state index contributed by atoms with van der Waals surface area (Å²) in [6.45, 7) is 6.34. The van der Waals surface area contributed by atoms with Crippen LogP contribution in [0, 0.1) is 5.92 Å². The first-order valence-corrected chi connectivity index (χ1v) is 17.2. The summed E-state index contributed by atoms with van der Waals surface area (Å²) >= 11 is 0. The summed E-state index contributed by atoms with van der Waals surface area (Å²) < 4.78 is 37.0. The Kier molecular flexibility index (Phi) is 7.01. The smallest absolute Gasteiger partial charge is 0.218 e. The van der Waals surface area contributed by atoms with Gasteiger partial charge in [-0.3, -0.25) is 4.90 Å². The molecule has 2 fully saturated rings. The first-order valence-electron chi connectivity index (χ1n) is 15.6. The molecule has 7 rings (SSSR count). The Morgan fingerprint density at radius 3 is 2.40 bits per heavy atom. The Hall–Kier alpha value is -2.71. The molecular weight excluding hydrogens is 544 g/mol. The van der Waals surface area contributed by atoms with E-state index in [4.69, 9.17) is 4.74 Å². The van der Waals surface area contributed by atoms with E-state index >= 15 is 0 Å². The van der Waals surface area contributed by atoms with Crippen molar-refractivity contribution in [1.82, 2.24) is 9.21 Å². The fourth-order valence-corrected chi connectivity index (χ4v) is 10.7. The number of benzene rings is 3. The van der Waals surface area contributed by atoms with Gasteiger partial charge in [-0.2, -0.15) is 4.31 Å². The largest absolute Gasteiger partial charge is 0.487 e. The summed E-state index contributed by atoms with van der Waals surface area (Å²) in [5.41, 5.74) is 2.89. The van der Waals surface area contributed by atoms with Crippen molar-refractivity contribution in [3.8, 4) is 5.75 Å². The lowest BCUT2D eigenvalue weighted by Gasteiger charge is -2.64. The van der Waals surface area contributed by atoms with Gasteiger partial charge in [0.1, 0.15) is 11.9 Å². The number of hydrogen-bond acceptors (Lipinski definition) is 5. The molecule has 0 amide bonds. The lowest BCUT2D eigenvalue weighted by Crippen LogP contribution is -2.78. The molecule has 2 bridgehead atoms. The van der Waals surface area contributed by atoms with Crippen LogP contribution in [-0.2, 0) is 34.0 Å². The Labute approximate surface area is 250 Å². The molecule has 6 nitrogen and oxygen atoms in total. The zero-order chi connectivity index (χ0) is 29.1. The van der Waals surface area contributed by atoms with Crippen LogP contribution >= 0.6 is 0 Å². The van der Waals surface area contributed by atoms with Crippen molar-refractivity contribution >= 4 is 10.0 Å². The Balaban J connectivity index is 1.26. The number of likely N-dealkylation sites (tertiary alicyclic amines) is 1. The first kappa shape index (κ1) is 28.1. The van der Waals surface area contributed by atoms with E-state index in [1.807, 2.05) is 42.5 Å². The van der Waals surface area contributed by atoms with Crippen LogP contribution < -0.4 is 4.74 Å². The highest BCUT2D eigenvalue weighted by atomic mass is 32.2. The third-order valence-corrected chi connectivity index (χ3v) is 12.3. The summed E-state index contributed by atoms with van der Waals surface area (Å²) in [5.74, 6) is 0.964. The van der Waals surface area contributed by atoms with E-state index in [9.17, 15) is 13.5 Å². The predicted octanol–water partition coefficient (Wildman–Crippen LogP) is 4.94. The van der Waals surface area contributed by atoms with Crippen LogP contribution in [0.15, 0.2) is 78.9 Å². The van der Waals surface area contributed by atoms with E-state index in [0.29, 0.717) is 19.4 Å². The maximum absolute atomic E-state index is 14.2. The fraction of sp³-hybridized carbons (Fsp3) is 0.486. The third-order valence-electron chi connectivity index (χ3n) is 10.4. The van der Waals surface area contributed by atoms with Crippen molar-refractivity contribution in [3.05, 3.63) is 101 Å². The molecule has 0 aromatic heterocycles. The number of ether oxygens (including phenoxy) is 1. The minimum atomic E-state index is -3.64. The molecule has 2 aliphatic carbocycles. The number of nitrogens with zero attached hydrogens (tertiary/aromatic N) is 2. The summed E-state index contributed by atoms with van der Waals surface area (Å²) in [4.78, 5) is 2.50. The third kappa shape index (κ3) is 4.35. The fourth-order valence-electron chi connectivity index (χ4n) is 8.74. The number of aliphatic hydroxyl groups is 1. The van der Waals surface area contributed by atoms with E-state index < -0.39 is 27.1 Å². The van der Waals surface area contributed by atoms with E-state index in [0.717, 1.165) is 49.2 Å². The molecule has 1 saturated heterocycles. The van der Waals surface area contributed by atoms with Crippen molar-refractivity contribution in [1.29, 1.82) is 0 Å². The van der Waals surface area contributed by atoms with E-state index in [1.54, 1.807) is 4.31 Å². The van der Waals surface area contributed by atoms with Gasteiger partial charge in [0.2, 0.25) is 10.0 Å². The van der Waals surface area contributed by atoms with Crippen molar-refractivity contribution < 1.29 is 18.3 Å². The monoisotopic (exact) mass is 586 g/mol. The topological polar surface area (TPSA) is 70.1 Å². The van der Waals surface area contributed by atoms with Gasteiger partial charge in [0, 0.05) is 24.7 Å². The summed E-state index contributed by atoms with van der Waals surface area (Å²) in [5, 5.41) is 12.9. The number of hydrogen-bond donors (Lipinski definition) is 1. The SMILES string of the molecule is CC(C)CN([C@H]1CC[C@@]2(O)[C@H]3Cc4cccc5c4[C@@]2(CCN3CCc2ccccc2)[C@H]1O5)S(=O)(=O)Cc1ccccc1. The van der Waals surface area contributed by atoms with Crippen molar-refractivity contribution in [3.63, 3.8) is 0 Å². The van der Waals surface area contributed by atoms with Crippen LogP contribution in [0.3, 0.4) is 0 Å². The minimum absolute atomic E-state index is 0.0256. The van der Waals surface area contributed by atoms with E-state index in [-0.39, 0.29) is 23.8 Å². The van der Waals surface area contributed by atoms with Gasteiger partial charge in [-0.15, -0.1) is 0 Å². The highest BCUT2D eigenvalue weighted by molar-refractivity contribution is 7.88. The second kappa shape index (κ2) is 10.5. The average Bonchev–Trinajstić information content (AvgIpc) is 3.31. The molecule has 4 aliphatic rings. The van der Waals surface area contributed by atoms with Gasteiger partial charge < -0.3 is 9.84 Å². The lowest BCUT2D eigenvalue weighted by atomic mass is 9.48. The molecule has 5 atom stereocenters. The quantitative estimate of drug-likeness (QED) is 0.385. The molecule has 0 unspecified atom stereocenters. The maximum Gasteiger partial charge on any atom is 0.218 e. The highest BCUT2D eigenvalue weighted by Crippen LogP contribution is 2.64. The van der Waals surface area contributed by atoms with Gasteiger partial charge >= 0.3 is 0 Å². The van der Waals surface area contributed by atoms with Crippen molar-refractivity contribution in [2.45, 2.75) is 80.9 Å². The second-order valence-corrected chi connectivity index (χ2v) is 15.2.